The predicted molar refractivity (Wildman–Crippen MR) is 113 cm³/mol. The minimum Gasteiger partial charge on any atom is -0.507 e. The third kappa shape index (κ3) is 3.68. The highest BCUT2D eigenvalue weighted by atomic mass is 35.5. The number of likely N-dealkylation sites (tertiary alicyclic amines) is 1. The predicted octanol–water partition coefficient (Wildman–Crippen LogP) is 3.73. The highest BCUT2D eigenvalue weighted by molar-refractivity contribution is 6.46. The van der Waals surface area contributed by atoms with E-state index >= 15 is 0 Å². The van der Waals surface area contributed by atoms with E-state index in [1.165, 1.54) is 12.0 Å². The molecule has 2 heterocycles. The molecule has 0 saturated carbocycles. The SMILES string of the molecule is COCCN1C(=O)C(=O)/C(=C(\O)c2ccc3c(c2)CCCO3)C1c1ccc(Cl)cc1. The Hall–Kier alpha value is -2.83. The van der Waals surface area contributed by atoms with Gasteiger partial charge in [0.05, 0.1) is 24.8 Å². The molecule has 0 spiro atoms. The molecule has 156 valence electrons. The number of hydrogen-bond donors (Lipinski definition) is 1. The summed E-state index contributed by atoms with van der Waals surface area (Å²) in [6.45, 7) is 1.16. The Morgan fingerprint density at radius 3 is 2.73 bits per heavy atom. The lowest BCUT2D eigenvalue weighted by atomic mass is 9.94. The number of hydrogen-bond acceptors (Lipinski definition) is 5. The van der Waals surface area contributed by atoms with Crippen LogP contribution in [-0.2, 0) is 20.7 Å². The monoisotopic (exact) mass is 427 g/mol. The number of carbonyl (C=O) groups excluding carboxylic acids is 2. The number of aliphatic hydroxyl groups is 1. The largest absolute Gasteiger partial charge is 0.507 e. The van der Waals surface area contributed by atoms with Crippen molar-refractivity contribution in [2.24, 2.45) is 0 Å². The van der Waals surface area contributed by atoms with Crippen LogP contribution < -0.4 is 4.74 Å². The zero-order valence-electron chi connectivity index (χ0n) is 16.6. The number of nitrogens with zero attached hydrogens (tertiary/aromatic N) is 1. The Kier molecular flexibility index (Phi) is 5.79. The van der Waals surface area contributed by atoms with Crippen molar-refractivity contribution in [3.8, 4) is 5.75 Å². The van der Waals surface area contributed by atoms with E-state index in [1.807, 2.05) is 6.07 Å². The Bertz CT molecular complexity index is 1010. The summed E-state index contributed by atoms with van der Waals surface area (Å²) in [4.78, 5) is 27.1. The van der Waals surface area contributed by atoms with E-state index in [2.05, 4.69) is 0 Å². The number of carbonyl (C=O) groups is 2. The van der Waals surface area contributed by atoms with Crippen molar-refractivity contribution in [1.29, 1.82) is 0 Å². The standard InChI is InChI=1S/C23H22ClNO5/c1-29-12-10-25-20(14-4-7-17(24)8-5-14)19(22(27)23(25)28)21(26)16-6-9-18-15(13-16)3-2-11-30-18/h4-9,13,20,26H,2-3,10-12H2,1H3/b21-19-. The fourth-order valence-corrected chi connectivity index (χ4v) is 4.08. The number of Topliss-reactive ketones (excluding diaryl/α,β-unsaturated/α-hetero) is 1. The van der Waals surface area contributed by atoms with Crippen molar-refractivity contribution in [1.82, 2.24) is 4.90 Å². The summed E-state index contributed by atoms with van der Waals surface area (Å²) in [5, 5.41) is 11.7. The molecule has 0 radical (unpaired) electrons. The lowest BCUT2D eigenvalue weighted by Gasteiger charge is -2.25. The van der Waals surface area contributed by atoms with Crippen molar-refractivity contribution in [2.75, 3.05) is 26.9 Å². The van der Waals surface area contributed by atoms with Gasteiger partial charge in [0.25, 0.3) is 11.7 Å². The molecule has 6 nitrogen and oxygen atoms in total. The first-order chi connectivity index (χ1) is 14.5. The maximum absolute atomic E-state index is 12.9. The zero-order valence-corrected chi connectivity index (χ0v) is 17.3. The molecule has 2 aromatic carbocycles. The molecular weight excluding hydrogens is 406 g/mol. The fraction of sp³-hybridized carbons (Fsp3) is 0.304. The first-order valence-corrected chi connectivity index (χ1v) is 10.2. The molecule has 1 saturated heterocycles. The Labute approximate surface area is 179 Å². The number of halogens is 1. The van der Waals surface area contributed by atoms with Gasteiger partial charge < -0.3 is 19.5 Å². The number of rotatable bonds is 5. The first kappa shape index (κ1) is 20.4. The van der Waals surface area contributed by atoms with Crippen LogP contribution in [0.25, 0.3) is 5.76 Å². The van der Waals surface area contributed by atoms with Crippen molar-refractivity contribution < 1.29 is 24.2 Å². The van der Waals surface area contributed by atoms with Crippen LogP contribution >= 0.6 is 11.6 Å². The summed E-state index contributed by atoms with van der Waals surface area (Å²) in [5.41, 5.74) is 2.22. The number of fused-ring (bicyclic) bond motifs is 1. The second-order valence-corrected chi connectivity index (χ2v) is 7.75. The highest BCUT2D eigenvalue weighted by Gasteiger charge is 2.45. The van der Waals surface area contributed by atoms with Crippen molar-refractivity contribution >= 4 is 29.1 Å². The van der Waals surface area contributed by atoms with Crippen LogP contribution in [0.3, 0.4) is 0 Å². The van der Waals surface area contributed by atoms with Gasteiger partial charge in [0.2, 0.25) is 0 Å². The molecule has 1 fully saturated rings. The molecule has 2 aromatic rings. The average molecular weight is 428 g/mol. The van der Waals surface area contributed by atoms with E-state index in [-0.39, 0.29) is 24.5 Å². The summed E-state index contributed by atoms with van der Waals surface area (Å²) in [6, 6.07) is 11.5. The van der Waals surface area contributed by atoms with Crippen LogP contribution in [0.2, 0.25) is 5.02 Å². The number of aliphatic hydroxyl groups excluding tert-OH is 1. The van der Waals surface area contributed by atoms with Crippen LogP contribution in [0.1, 0.15) is 29.2 Å². The Balaban J connectivity index is 1.82. The Morgan fingerprint density at radius 2 is 2.00 bits per heavy atom. The third-order valence-electron chi connectivity index (χ3n) is 5.44. The van der Waals surface area contributed by atoms with Crippen molar-refractivity contribution in [3.63, 3.8) is 0 Å². The lowest BCUT2D eigenvalue weighted by Crippen LogP contribution is -2.32. The zero-order chi connectivity index (χ0) is 21.3. The van der Waals surface area contributed by atoms with Gasteiger partial charge in [0, 0.05) is 24.2 Å². The summed E-state index contributed by atoms with van der Waals surface area (Å²) >= 11 is 6.02. The van der Waals surface area contributed by atoms with E-state index in [0.717, 1.165) is 24.2 Å². The topological polar surface area (TPSA) is 76.1 Å². The molecule has 7 heteroatoms. The summed E-state index contributed by atoms with van der Waals surface area (Å²) < 4.78 is 10.7. The summed E-state index contributed by atoms with van der Waals surface area (Å²) in [5.74, 6) is -0.776. The van der Waals surface area contributed by atoms with Gasteiger partial charge in [0.15, 0.2) is 0 Å². The highest BCUT2D eigenvalue weighted by Crippen LogP contribution is 2.40. The first-order valence-electron chi connectivity index (χ1n) is 9.80. The number of aryl methyl sites for hydroxylation is 1. The summed E-state index contributed by atoms with van der Waals surface area (Å²) in [7, 11) is 1.53. The van der Waals surface area contributed by atoms with E-state index in [0.29, 0.717) is 22.8 Å². The minimum atomic E-state index is -0.718. The normalized spacial score (nSPS) is 20.2. The number of methoxy groups -OCH3 is 1. The molecule has 0 aliphatic carbocycles. The van der Waals surface area contributed by atoms with Gasteiger partial charge in [-0.15, -0.1) is 0 Å². The van der Waals surface area contributed by atoms with Crippen molar-refractivity contribution in [2.45, 2.75) is 18.9 Å². The smallest absolute Gasteiger partial charge is 0.295 e. The molecule has 1 unspecified atom stereocenters. The summed E-state index contributed by atoms with van der Waals surface area (Å²) in [6.07, 6.45) is 1.72. The minimum absolute atomic E-state index is 0.0649. The second-order valence-electron chi connectivity index (χ2n) is 7.31. The van der Waals surface area contributed by atoms with Gasteiger partial charge in [-0.25, -0.2) is 0 Å². The molecular formula is C23H22ClNO5. The van der Waals surface area contributed by atoms with Crippen LogP contribution in [0.4, 0.5) is 0 Å². The van der Waals surface area contributed by atoms with Gasteiger partial charge in [-0.1, -0.05) is 23.7 Å². The van der Waals surface area contributed by atoms with Crippen LogP contribution in [0.15, 0.2) is 48.0 Å². The number of ether oxygens (including phenoxy) is 2. The number of amides is 1. The van der Waals surface area contributed by atoms with E-state index in [4.69, 9.17) is 21.1 Å². The van der Waals surface area contributed by atoms with Gasteiger partial charge in [0.1, 0.15) is 11.5 Å². The average Bonchev–Trinajstić information content (AvgIpc) is 3.02. The molecule has 30 heavy (non-hydrogen) atoms. The maximum atomic E-state index is 12.9. The molecule has 2 aliphatic heterocycles. The Morgan fingerprint density at radius 1 is 1.23 bits per heavy atom. The molecule has 0 bridgehead atoms. The van der Waals surface area contributed by atoms with E-state index in [1.54, 1.807) is 36.4 Å². The number of ketones is 1. The quantitative estimate of drug-likeness (QED) is 0.447. The van der Waals surface area contributed by atoms with E-state index in [9.17, 15) is 14.7 Å². The molecule has 1 N–H and O–H groups in total. The lowest BCUT2D eigenvalue weighted by molar-refractivity contribution is -0.140. The molecule has 4 rings (SSSR count). The fourth-order valence-electron chi connectivity index (χ4n) is 3.96. The van der Waals surface area contributed by atoms with Gasteiger partial charge in [-0.05, 0) is 54.3 Å². The second kappa shape index (κ2) is 8.50. The van der Waals surface area contributed by atoms with Gasteiger partial charge >= 0.3 is 0 Å². The molecule has 2 aliphatic rings. The molecule has 1 atom stereocenters. The molecule has 0 aromatic heterocycles. The maximum Gasteiger partial charge on any atom is 0.295 e. The van der Waals surface area contributed by atoms with Crippen LogP contribution in [0, 0.1) is 0 Å². The number of benzene rings is 2. The van der Waals surface area contributed by atoms with Crippen LogP contribution in [-0.4, -0.2) is 48.6 Å². The third-order valence-corrected chi connectivity index (χ3v) is 5.70. The van der Waals surface area contributed by atoms with Gasteiger partial charge in [-0.3, -0.25) is 9.59 Å². The van der Waals surface area contributed by atoms with Crippen molar-refractivity contribution in [3.05, 3.63) is 69.8 Å². The molecule has 1 amide bonds. The van der Waals surface area contributed by atoms with Crippen LogP contribution in [0.5, 0.6) is 5.75 Å². The van der Waals surface area contributed by atoms with E-state index < -0.39 is 17.7 Å². The van der Waals surface area contributed by atoms with Gasteiger partial charge in [-0.2, -0.15) is 0 Å².